The molecule has 0 aromatic rings. The van der Waals surface area contributed by atoms with Crippen LogP contribution in [0.25, 0.3) is 0 Å². The summed E-state index contributed by atoms with van der Waals surface area (Å²) < 4.78 is 0. The Kier molecular flexibility index (Phi) is 4.44. The van der Waals surface area contributed by atoms with Crippen molar-refractivity contribution in [2.75, 3.05) is 0 Å². The molecule has 38 heavy (non-hydrogen) atoms. The third-order valence-electron chi connectivity index (χ3n) is 15.4. The molecule has 0 heterocycles. The standard InChI is InChI=1S/C37H52Si/c1-5-32-11-26-8-27(12-32)16-34(15-26,23-32)36-19-30-10-31(20-36)22-37(21-30,25-36)35-17-28-9-29(18-35)14-33(13-28,24-35)6-7-38(2,3)4/h1,26-31H,8-25H2,2-4H3. The van der Waals surface area contributed by atoms with Crippen LogP contribution in [0, 0.1) is 91.8 Å². The van der Waals surface area contributed by atoms with Gasteiger partial charge in [0.25, 0.3) is 0 Å². The van der Waals surface area contributed by atoms with Crippen molar-refractivity contribution in [3.05, 3.63) is 0 Å². The average molecular weight is 525 g/mol. The van der Waals surface area contributed by atoms with E-state index in [0.29, 0.717) is 27.1 Å². The Bertz CT molecular complexity index is 1140. The van der Waals surface area contributed by atoms with Crippen LogP contribution in [0.4, 0.5) is 0 Å². The summed E-state index contributed by atoms with van der Waals surface area (Å²) in [6.07, 6.45) is 33.9. The number of hydrogen-bond acceptors (Lipinski definition) is 0. The first-order valence-corrected chi connectivity index (χ1v) is 20.5. The SMILES string of the molecule is C#CC12CC3CC(C1)CC(C14CC5CC(C1)CC(C16CC7CC(CC(C#C[Si](C)(C)C)(C7)C1)C6)(C5)C4)(C3)C2. The van der Waals surface area contributed by atoms with Crippen LogP contribution in [0.15, 0.2) is 0 Å². The molecule has 0 aliphatic heterocycles. The van der Waals surface area contributed by atoms with Crippen molar-refractivity contribution >= 4 is 8.07 Å². The van der Waals surface area contributed by atoms with Crippen molar-refractivity contribution in [1.29, 1.82) is 0 Å². The predicted octanol–water partition coefficient (Wildman–Crippen LogP) is 9.26. The van der Waals surface area contributed by atoms with Crippen LogP contribution < -0.4 is 0 Å². The van der Waals surface area contributed by atoms with Crippen LogP contribution in [-0.2, 0) is 0 Å². The van der Waals surface area contributed by atoms with Crippen LogP contribution in [0.1, 0.15) is 116 Å². The van der Waals surface area contributed by atoms with Crippen molar-refractivity contribution in [2.24, 2.45) is 68.0 Å². The molecule has 0 N–H and O–H groups in total. The molecule has 12 bridgehead atoms. The second-order valence-electron chi connectivity index (χ2n) is 19.2. The van der Waals surface area contributed by atoms with Gasteiger partial charge in [-0.15, -0.1) is 17.9 Å². The van der Waals surface area contributed by atoms with E-state index in [-0.39, 0.29) is 5.41 Å². The molecule has 12 aliphatic rings. The number of terminal acetylenes is 1. The molecule has 12 rings (SSSR count). The molecule has 0 aromatic carbocycles. The maximum absolute atomic E-state index is 6.42. The van der Waals surface area contributed by atoms with Gasteiger partial charge in [-0.1, -0.05) is 25.6 Å². The maximum Gasteiger partial charge on any atom is 0.129 e. The number of rotatable bonds is 2. The normalized spacial score (nSPS) is 60.6. The highest BCUT2D eigenvalue weighted by molar-refractivity contribution is 6.83. The van der Waals surface area contributed by atoms with Gasteiger partial charge < -0.3 is 0 Å². The summed E-state index contributed by atoms with van der Waals surface area (Å²) in [5.41, 5.74) is 7.12. The fourth-order valence-corrected chi connectivity index (χ4v) is 16.5. The lowest BCUT2D eigenvalue weighted by atomic mass is 9.27. The minimum atomic E-state index is -1.34. The molecule has 12 saturated carbocycles. The van der Waals surface area contributed by atoms with E-state index in [2.05, 4.69) is 37.0 Å². The molecule has 6 atom stereocenters. The molecule has 204 valence electrons. The van der Waals surface area contributed by atoms with Crippen LogP contribution in [0.3, 0.4) is 0 Å². The van der Waals surface area contributed by atoms with Gasteiger partial charge in [-0.3, -0.25) is 0 Å². The van der Waals surface area contributed by atoms with Gasteiger partial charge in [0.15, 0.2) is 0 Å². The van der Waals surface area contributed by atoms with Crippen molar-refractivity contribution in [3.8, 4) is 23.8 Å². The lowest BCUT2D eigenvalue weighted by Gasteiger charge is -2.77. The van der Waals surface area contributed by atoms with Crippen LogP contribution in [0.2, 0.25) is 19.6 Å². The minimum Gasteiger partial charge on any atom is -0.131 e. The molecule has 1 heteroatoms. The smallest absolute Gasteiger partial charge is 0.129 e. The van der Waals surface area contributed by atoms with E-state index in [1.54, 1.807) is 70.6 Å². The van der Waals surface area contributed by atoms with Crippen molar-refractivity contribution in [2.45, 2.75) is 135 Å². The van der Waals surface area contributed by atoms with Crippen LogP contribution in [0.5, 0.6) is 0 Å². The third kappa shape index (κ3) is 3.03. The average Bonchev–Trinajstić information content (AvgIpc) is 2.80. The first-order chi connectivity index (χ1) is 18.0. The van der Waals surface area contributed by atoms with E-state index in [9.17, 15) is 0 Å². The van der Waals surface area contributed by atoms with Gasteiger partial charge >= 0.3 is 0 Å². The first kappa shape index (κ1) is 24.0. The highest BCUT2D eigenvalue weighted by Gasteiger charge is 2.74. The molecule has 0 saturated heterocycles. The summed E-state index contributed by atoms with van der Waals surface area (Å²) in [7, 11) is -1.34. The Balaban J connectivity index is 1.13. The van der Waals surface area contributed by atoms with Gasteiger partial charge in [0.05, 0.1) is 0 Å². The second kappa shape index (κ2) is 7.03. The summed E-state index contributed by atoms with van der Waals surface area (Å²) in [6, 6.07) is 0. The zero-order chi connectivity index (χ0) is 25.8. The Morgan fingerprint density at radius 1 is 0.500 bits per heavy atom. The predicted molar refractivity (Wildman–Crippen MR) is 159 cm³/mol. The summed E-state index contributed by atoms with van der Waals surface area (Å²) in [4.78, 5) is 0. The van der Waals surface area contributed by atoms with Gasteiger partial charge in [-0.25, -0.2) is 0 Å². The fourth-order valence-electron chi connectivity index (χ4n) is 15.9. The topological polar surface area (TPSA) is 0 Å². The monoisotopic (exact) mass is 524 g/mol. The zero-order valence-electron chi connectivity index (χ0n) is 24.8. The molecule has 6 unspecified atom stereocenters. The van der Waals surface area contributed by atoms with E-state index in [0.717, 1.165) is 35.5 Å². The minimum absolute atomic E-state index is 0.276. The quantitative estimate of drug-likeness (QED) is 0.249. The Hall–Kier alpha value is -0.663. The fraction of sp³-hybridized carbons (Fsp3) is 0.892. The Labute approximate surface area is 234 Å². The Morgan fingerprint density at radius 3 is 1.24 bits per heavy atom. The van der Waals surface area contributed by atoms with Crippen LogP contribution in [-0.4, -0.2) is 8.07 Å². The molecule has 0 radical (unpaired) electrons. The maximum atomic E-state index is 6.42. The molecular weight excluding hydrogens is 472 g/mol. The van der Waals surface area contributed by atoms with E-state index in [4.69, 9.17) is 6.42 Å². The van der Waals surface area contributed by atoms with Gasteiger partial charge in [0.2, 0.25) is 0 Å². The third-order valence-corrected chi connectivity index (χ3v) is 16.3. The van der Waals surface area contributed by atoms with E-state index >= 15 is 0 Å². The van der Waals surface area contributed by atoms with E-state index in [1.807, 2.05) is 0 Å². The van der Waals surface area contributed by atoms with Gasteiger partial charge in [0.1, 0.15) is 8.07 Å². The highest BCUT2D eigenvalue weighted by atomic mass is 28.3. The van der Waals surface area contributed by atoms with Gasteiger partial charge in [-0.2, -0.15) is 0 Å². The van der Waals surface area contributed by atoms with Crippen LogP contribution >= 0.6 is 0 Å². The van der Waals surface area contributed by atoms with Gasteiger partial charge in [0, 0.05) is 10.8 Å². The molecule has 0 spiro atoms. The summed E-state index contributed by atoms with van der Waals surface area (Å²) in [6.45, 7) is 7.40. The zero-order valence-corrected chi connectivity index (χ0v) is 25.8. The molecule has 0 amide bonds. The number of hydrogen-bond donors (Lipinski definition) is 0. The lowest BCUT2D eigenvalue weighted by Crippen LogP contribution is -2.68. The Morgan fingerprint density at radius 2 is 0.842 bits per heavy atom. The summed E-state index contributed by atoms with van der Waals surface area (Å²) in [5, 5.41) is 0. The largest absolute Gasteiger partial charge is 0.131 e. The molecular formula is C37H52Si. The molecule has 0 nitrogen and oxygen atoms in total. The van der Waals surface area contributed by atoms with E-state index in [1.165, 1.54) is 44.9 Å². The molecule has 12 aliphatic carbocycles. The summed E-state index contributed by atoms with van der Waals surface area (Å²) >= 11 is 0. The second-order valence-corrected chi connectivity index (χ2v) is 24.0. The lowest BCUT2D eigenvalue weighted by molar-refractivity contribution is -0.275. The molecule has 0 aromatic heterocycles. The molecule has 12 fully saturated rings. The highest BCUT2D eigenvalue weighted by Crippen LogP contribution is 2.83. The van der Waals surface area contributed by atoms with Gasteiger partial charge in [-0.05, 0) is 173 Å². The summed E-state index contributed by atoms with van der Waals surface area (Å²) in [5.74, 6) is 13.6. The van der Waals surface area contributed by atoms with E-state index < -0.39 is 8.07 Å². The first-order valence-electron chi connectivity index (χ1n) is 17.0. The van der Waals surface area contributed by atoms with Crippen molar-refractivity contribution in [1.82, 2.24) is 0 Å². The van der Waals surface area contributed by atoms with Crippen molar-refractivity contribution in [3.63, 3.8) is 0 Å². The van der Waals surface area contributed by atoms with Crippen molar-refractivity contribution < 1.29 is 0 Å².